The molecule has 0 fully saturated rings. The van der Waals surface area contributed by atoms with Crippen molar-refractivity contribution in [1.29, 1.82) is 0 Å². The summed E-state index contributed by atoms with van der Waals surface area (Å²) in [5, 5.41) is 1.51. The number of aryl methyl sites for hydroxylation is 1. The average molecular weight is 298 g/mol. The van der Waals surface area contributed by atoms with Crippen LogP contribution >= 0.6 is 11.6 Å². The first kappa shape index (κ1) is 13.6. The summed E-state index contributed by atoms with van der Waals surface area (Å²) in [6.45, 7) is 1.90. The molecule has 2 aromatic carbocycles. The van der Waals surface area contributed by atoms with Crippen LogP contribution in [-0.4, -0.2) is 11.0 Å². The molecular weight excluding hydrogens is 286 g/mol. The summed E-state index contributed by atoms with van der Waals surface area (Å²) in [4.78, 5) is 16.6. The van der Waals surface area contributed by atoms with Crippen LogP contribution in [0, 0.1) is 6.92 Å². The van der Waals surface area contributed by atoms with Gasteiger partial charge in [-0.2, -0.15) is 0 Å². The van der Waals surface area contributed by atoms with Crippen LogP contribution in [-0.2, 0) is 0 Å². The molecule has 1 heterocycles. The quantitative estimate of drug-likeness (QED) is 0.519. The molecule has 4 heteroatoms. The van der Waals surface area contributed by atoms with E-state index in [1.165, 1.54) is 0 Å². The number of hydrogen-bond donors (Lipinski definition) is 0. The molecule has 0 saturated heterocycles. The molecule has 0 bridgehead atoms. The molecular formula is C17H12ClNO2. The monoisotopic (exact) mass is 297 g/mol. The number of benzene rings is 2. The van der Waals surface area contributed by atoms with E-state index in [9.17, 15) is 4.79 Å². The van der Waals surface area contributed by atoms with Crippen molar-refractivity contribution in [3.05, 3.63) is 70.9 Å². The Kier molecular flexibility index (Phi) is 3.59. The molecule has 0 unspecified atom stereocenters. The number of fused-ring (bicyclic) bond motifs is 1. The Morgan fingerprint density at radius 2 is 1.81 bits per heavy atom. The first-order valence-electron chi connectivity index (χ1n) is 6.47. The molecule has 0 atom stereocenters. The SMILES string of the molecule is Cc1ccc2cccc(OC(=O)c3ccc(Cl)cc3)c2n1. The van der Waals surface area contributed by atoms with Crippen molar-refractivity contribution in [2.75, 3.05) is 0 Å². The lowest BCUT2D eigenvalue weighted by atomic mass is 10.2. The van der Waals surface area contributed by atoms with Gasteiger partial charge in [0, 0.05) is 16.1 Å². The van der Waals surface area contributed by atoms with Gasteiger partial charge in [-0.1, -0.05) is 29.8 Å². The van der Waals surface area contributed by atoms with Gasteiger partial charge in [0.25, 0.3) is 0 Å². The van der Waals surface area contributed by atoms with Crippen LogP contribution < -0.4 is 4.74 Å². The predicted molar refractivity (Wildman–Crippen MR) is 82.9 cm³/mol. The number of ether oxygens (including phenoxy) is 1. The highest BCUT2D eigenvalue weighted by molar-refractivity contribution is 6.30. The number of pyridine rings is 1. The van der Waals surface area contributed by atoms with E-state index in [1.54, 1.807) is 30.3 Å². The molecule has 0 N–H and O–H groups in total. The van der Waals surface area contributed by atoms with Gasteiger partial charge >= 0.3 is 5.97 Å². The normalized spacial score (nSPS) is 10.6. The molecule has 0 amide bonds. The Balaban J connectivity index is 1.96. The number of nitrogens with zero attached hydrogens (tertiary/aromatic N) is 1. The lowest BCUT2D eigenvalue weighted by Gasteiger charge is -2.07. The van der Waals surface area contributed by atoms with E-state index in [0.717, 1.165) is 11.1 Å². The number of aromatic nitrogens is 1. The Hall–Kier alpha value is -2.39. The van der Waals surface area contributed by atoms with Gasteiger partial charge in [-0.05, 0) is 43.3 Å². The summed E-state index contributed by atoms with van der Waals surface area (Å²) in [6, 6.07) is 16.0. The highest BCUT2D eigenvalue weighted by atomic mass is 35.5. The van der Waals surface area contributed by atoms with Crippen molar-refractivity contribution in [1.82, 2.24) is 4.98 Å². The highest BCUT2D eigenvalue weighted by Crippen LogP contribution is 2.25. The van der Waals surface area contributed by atoms with Gasteiger partial charge in [-0.15, -0.1) is 0 Å². The maximum Gasteiger partial charge on any atom is 0.343 e. The fourth-order valence-corrected chi connectivity index (χ4v) is 2.17. The van der Waals surface area contributed by atoms with Crippen molar-refractivity contribution in [2.45, 2.75) is 6.92 Å². The Morgan fingerprint density at radius 1 is 1.05 bits per heavy atom. The largest absolute Gasteiger partial charge is 0.421 e. The summed E-state index contributed by atoms with van der Waals surface area (Å²) in [5.41, 5.74) is 2.00. The van der Waals surface area contributed by atoms with Gasteiger partial charge < -0.3 is 4.74 Å². The molecule has 104 valence electrons. The standard InChI is InChI=1S/C17H12ClNO2/c1-11-5-6-12-3-2-4-15(16(12)19-11)21-17(20)13-7-9-14(18)10-8-13/h2-10H,1H3. The number of halogens is 1. The van der Waals surface area contributed by atoms with Crippen molar-refractivity contribution in [3.8, 4) is 5.75 Å². The second-order valence-corrected chi connectivity index (χ2v) is 5.11. The van der Waals surface area contributed by atoms with Gasteiger partial charge in [0.05, 0.1) is 5.56 Å². The Bertz CT molecular complexity index is 813. The van der Waals surface area contributed by atoms with E-state index in [-0.39, 0.29) is 0 Å². The van der Waals surface area contributed by atoms with Crippen LogP contribution in [0.25, 0.3) is 10.9 Å². The van der Waals surface area contributed by atoms with Crippen molar-refractivity contribution in [2.24, 2.45) is 0 Å². The lowest BCUT2D eigenvalue weighted by molar-refractivity contribution is 0.0737. The smallest absolute Gasteiger partial charge is 0.343 e. The predicted octanol–water partition coefficient (Wildman–Crippen LogP) is 4.42. The van der Waals surface area contributed by atoms with Crippen LogP contribution in [0.5, 0.6) is 5.75 Å². The van der Waals surface area contributed by atoms with Crippen molar-refractivity contribution >= 4 is 28.5 Å². The van der Waals surface area contributed by atoms with Gasteiger partial charge in [0.1, 0.15) is 5.52 Å². The van der Waals surface area contributed by atoms with E-state index < -0.39 is 5.97 Å². The number of para-hydroxylation sites is 1. The zero-order valence-electron chi connectivity index (χ0n) is 11.3. The number of hydrogen-bond acceptors (Lipinski definition) is 3. The highest BCUT2D eigenvalue weighted by Gasteiger charge is 2.11. The number of esters is 1. The Morgan fingerprint density at radius 3 is 2.57 bits per heavy atom. The second kappa shape index (κ2) is 5.54. The van der Waals surface area contributed by atoms with Crippen LogP contribution in [0.15, 0.2) is 54.6 Å². The fourth-order valence-electron chi connectivity index (χ4n) is 2.04. The lowest BCUT2D eigenvalue weighted by Crippen LogP contribution is -2.08. The van der Waals surface area contributed by atoms with Gasteiger partial charge in [0.2, 0.25) is 0 Å². The van der Waals surface area contributed by atoms with E-state index in [1.807, 2.05) is 31.2 Å². The summed E-state index contributed by atoms with van der Waals surface area (Å²) >= 11 is 5.81. The maximum absolute atomic E-state index is 12.2. The number of carbonyl (C=O) groups is 1. The first-order valence-corrected chi connectivity index (χ1v) is 6.85. The van der Waals surface area contributed by atoms with E-state index in [0.29, 0.717) is 21.9 Å². The third kappa shape index (κ3) is 2.88. The van der Waals surface area contributed by atoms with Crippen LogP contribution in [0.1, 0.15) is 16.1 Å². The molecule has 3 rings (SSSR count). The number of carbonyl (C=O) groups excluding carboxylic acids is 1. The molecule has 0 aliphatic rings. The minimum atomic E-state index is -0.428. The average Bonchev–Trinajstić information content (AvgIpc) is 2.48. The zero-order valence-corrected chi connectivity index (χ0v) is 12.1. The summed E-state index contributed by atoms with van der Waals surface area (Å²) in [7, 11) is 0. The minimum absolute atomic E-state index is 0.428. The zero-order chi connectivity index (χ0) is 14.8. The molecule has 0 aliphatic heterocycles. The third-order valence-corrected chi connectivity index (χ3v) is 3.36. The molecule has 0 aliphatic carbocycles. The summed E-state index contributed by atoms with van der Waals surface area (Å²) in [5.74, 6) is 0.0265. The van der Waals surface area contributed by atoms with E-state index in [4.69, 9.17) is 16.3 Å². The summed E-state index contributed by atoms with van der Waals surface area (Å²) in [6.07, 6.45) is 0. The third-order valence-electron chi connectivity index (χ3n) is 3.11. The fraction of sp³-hybridized carbons (Fsp3) is 0.0588. The second-order valence-electron chi connectivity index (χ2n) is 4.68. The molecule has 0 saturated carbocycles. The molecule has 0 spiro atoms. The van der Waals surface area contributed by atoms with Gasteiger partial charge in [-0.3, -0.25) is 0 Å². The Labute approximate surface area is 127 Å². The molecule has 21 heavy (non-hydrogen) atoms. The van der Waals surface area contributed by atoms with Crippen molar-refractivity contribution < 1.29 is 9.53 Å². The number of rotatable bonds is 2. The first-order chi connectivity index (χ1) is 10.1. The topological polar surface area (TPSA) is 39.2 Å². The van der Waals surface area contributed by atoms with Gasteiger partial charge in [0.15, 0.2) is 5.75 Å². The maximum atomic E-state index is 12.2. The van der Waals surface area contributed by atoms with Crippen LogP contribution in [0.3, 0.4) is 0 Å². The minimum Gasteiger partial charge on any atom is -0.421 e. The molecule has 1 aromatic heterocycles. The molecule has 3 nitrogen and oxygen atoms in total. The van der Waals surface area contributed by atoms with Crippen LogP contribution in [0.4, 0.5) is 0 Å². The summed E-state index contributed by atoms with van der Waals surface area (Å²) < 4.78 is 5.46. The van der Waals surface area contributed by atoms with Crippen LogP contribution in [0.2, 0.25) is 5.02 Å². The van der Waals surface area contributed by atoms with E-state index in [2.05, 4.69) is 4.98 Å². The van der Waals surface area contributed by atoms with Crippen molar-refractivity contribution in [3.63, 3.8) is 0 Å². The molecule has 3 aromatic rings. The van der Waals surface area contributed by atoms with Gasteiger partial charge in [-0.25, -0.2) is 9.78 Å². The molecule has 0 radical (unpaired) electrons. The van der Waals surface area contributed by atoms with E-state index >= 15 is 0 Å².